The second-order valence-corrected chi connectivity index (χ2v) is 7.31. The molecule has 2 aliphatic heterocycles. The quantitative estimate of drug-likeness (QED) is 0.412. The van der Waals surface area contributed by atoms with Gasteiger partial charge in [0.1, 0.15) is 5.60 Å². The Hall–Kier alpha value is -3.17. The molecule has 1 N–H and O–H groups in total. The average molecular weight is 397 g/mol. The standard InChI is InChI=1S/C20H16FN3O5/c1-2-20(26)13-7-16-17-10(8-23(16)18(25)12(13)9-29-19(20)21)6-11-14(22-17)4-3-5-15(11)24(27)28/h3-7,19,26H,2,8-9H2,1H3/t19-,20+/m1/s1. The van der Waals surface area contributed by atoms with Crippen molar-refractivity contribution < 1.29 is 19.2 Å². The van der Waals surface area contributed by atoms with E-state index in [0.717, 1.165) is 0 Å². The molecule has 2 atom stereocenters. The van der Waals surface area contributed by atoms with Crippen molar-refractivity contribution >= 4 is 16.6 Å². The first-order chi connectivity index (χ1) is 13.8. The van der Waals surface area contributed by atoms with Gasteiger partial charge >= 0.3 is 0 Å². The predicted octanol–water partition coefficient (Wildman–Crippen LogP) is 2.76. The molecule has 148 valence electrons. The van der Waals surface area contributed by atoms with Crippen LogP contribution in [0.25, 0.3) is 22.3 Å². The Balaban J connectivity index is 1.78. The number of alkyl halides is 1. The highest BCUT2D eigenvalue weighted by molar-refractivity contribution is 5.91. The Morgan fingerprint density at radius 3 is 2.97 bits per heavy atom. The molecule has 1 aromatic carbocycles. The Labute approximate surface area is 163 Å². The highest BCUT2D eigenvalue weighted by Crippen LogP contribution is 2.41. The van der Waals surface area contributed by atoms with E-state index in [1.807, 2.05) is 0 Å². The molecule has 0 fully saturated rings. The number of rotatable bonds is 2. The summed E-state index contributed by atoms with van der Waals surface area (Å²) in [4.78, 5) is 28.5. The van der Waals surface area contributed by atoms with E-state index in [0.29, 0.717) is 27.9 Å². The van der Waals surface area contributed by atoms with E-state index in [9.17, 15) is 24.4 Å². The number of pyridine rings is 2. The molecule has 4 heterocycles. The lowest BCUT2D eigenvalue weighted by molar-refractivity contribution is -0.383. The smallest absolute Gasteiger partial charge is 0.278 e. The highest BCUT2D eigenvalue weighted by atomic mass is 19.1. The second-order valence-electron chi connectivity index (χ2n) is 7.31. The fraction of sp³-hybridized carbons (Fsp3) is 0.300. The van der Waals surface area contributed by atoms with Gasteiger partial charge in [0.25, 0.3) is 11.2 Å². The number of nitro benzene ring substituents is 1. The first kappa shape index (κ1) is 17.9. The molecular weight excluding hydrogens is 381 g/mol. The summed E-state index contributed by atoms with van der Waals surface area (Å²) in [6.07, 6.45) is -1.90. The third-order valence-corrected chi connectivity index (χ3v) is 5.84. The lowest BCUT2D eigenvalue weighted by Gasteiger charge is -2.36. The van der Waals surface area contributed by atoms with E-state index >= 15 is 0 Å². The van der Waals surface area contributed by atoms with Gasteiger partial charge in [0, 0.05) is 22.8 Å². The van der Waals surface area contributed by atoms with Crippen LogP contribution in [0.4, 0.5) is 10.1 Å². The zero-order chi connectivity index (χ0) is 20.5. The van der Waals surface area contributed by atoms with E-state index < -0.39 is 16.9 Å². The number of aliphatic hydroxyl groups is 1. The zero-order valence-electron chi connectivity index (χ0n) is 15.4. The SMILES string of the molecule is CC[C@]1(O)c2cc3n(c(=O)c2CO[C@H]1F)Cc1cc2c([N+](=O)[O-])cccc2nc1-3. The number of hydrogen-bond donors (Lipinski definition) is 1. The first-order valence-electron chi connectivity index (χ1n) is 9.17. The van der Waals surface area contributed by atoms with Gasteiger partial charge in [-0.05, 0) is 24.6 Å². The summed E-state index contributed by atoms with van der Waals surface area (Å²) in [6.45, 7) is 1.58. The summed E-state index contributed by atoms with van der Waals surface area (Å²) in [5, 5.41) is 22.6. The number of fused-ring (bicyclic) bond motifs is 5. The van der Waals surface area contributed by atoms with Crippen LogP contribution in [-0.2, 0) is 23.5 Å². The Kier molecular flexibility index (Phi) is 3.65. The number of nitrogens with zero attached hydrogens (tertiary/aromatic N) is 3. The van der Waals surface area contributed by atoms with Gasteiger partial charge in [0.2, 0.25) is 6.36 Å². The van der Waals surface area contributed by atoms with Crippen LogP contribution in [0.2, 0.25) is 0 Å². The fourth-order valence-electron chi connectivity index (χ4n) is 4.23. The third-order valence-electron chi connectivity index (χ3n) is 5.84. The number of halogens is 1. The number of ether oxygens (including phenoxy) is 1. The Morgan fingerprint density at radius 2 is 2.24 bits per heavy atom. The number of non-ortho nitro benzene ring substituents is 1. The van der Waals surface area contributed by atoms with Crippen molar-refractivity contribution in [2.45, 2.75) is 38.5 Å². The third kappa shape index (κ3) is 2.31. The van der Waals surface area contributed by atoms with Crippen molar-refractivity contribution in [1.82, 2.24) is 9.55 Å². The largest absolute Gasteiger partial charge is 0.379 e. The molecule has 2 aliphatic rings. The molecule has 0 unspecified atom stereocenters. The molecule has 0 amide bonds. The molecule has 0 aliphatic carbocycles. The summed E-state index contributed by atoms with van der Waals surface area (Å²) < 4.78 is 20.9. The molecule has 0 bridgehead atoms. The van der Waals surface area contributed by atoms with Crippen molar-refractivity contribution in [2.24, 2.45) is 0 Å². The van der Waals surface area contributed by atoms with Crippen LogP contribution < -0.4 is 5.56 Å². The van der Waals surface area contributed by atoms with Crippen molar-refractivity contribution in [1.29, 1.82) is 0 Å². The first-order valence-corrected chi connectivity index (χ1v) is 9.17. The van der Waals surface area contributed by atoms with Gasteiger partial charge in [-0.3, -0.25) is 14.9 Å². The van der Waals surface area contributed by atoms with E-state index in [2.05, 4.69) is 4.98 Å². The van der Waals surface area contributed by atoms with E-state index in [-0.39, 0.29) is 41.9 Å². The normalized spacial score (nSPS) is 22.2. The maximum atomic E-state index is 14.4. The molecule has 8 nitrogen and oxygen atoms in total. The van der Waals surface area contributed by atoms with Crippen LogP contribution in [-0.4, -0.2) is 25.9 Å². The summed E-state index contributed by atoms with van der Waals surface area (Å²) in [6, 6.07) is 7.88. The molecule has 0 saturated heterocycles. The van der Waals surface area contributed by atoms with Crippen LogP contribution in [0.5, 0.6) is 0 Å². The van der Waals surface area contributed by atoms with Crippen LogP contribution in [0.15, 0.2) is 35.1 Å². The van der Waals surface area contributed by atoms with Gasteiger partial charge in [0.15, 0.2) is 0 Å². The molecule has 5 rings (SSSR count). The van der Waals surface area contributed by atoms with Crippen LogP contribution in [0.1, 0.15) is 30.0 Å². The van der Waals surface area contributed by atoms with E-state index in [4.69, 9.17) is 4.74 Å². The monoisotopic (exact) mass is 397 g/mol. The molecule has 0 saturated carbocycles. The molecule has 0 radical (unpaired) electrons. The summed E-state index contributed by atoms with van der Waals surface area (Å²) >= 11 is 0. The van der Waals surface area contributed by atoms with Crippen molar-refractivity contribution in [3.63, 3.8) is 0 Å². The average Bonchev–Trinajstić information content (AvgIpc) is 3.07. The summed E-state index contributed by atoms with van der Waals surface area (Å²) in [5.41, 5.74) is 0.108. The second kappa shape index (κ2) is 5.91. The lowest BCUT2D eigenvalue weighted by atomic mass is 9.86. The van der Waals surface area contributed by atoms with Crippen molar-refractivity contribution in [3.05, 3.63) is 67.5 Å². The molecule has 0 spiro atoms. The maximum Gasteiger partial charge on any atom is 0.278 e. The van der Waals surface area contributed by atoms with Gasteiger partial charge < -0.3 is 14.4 Å². The Morgan fingerprint density at radius 1 is 1.45 bits per heavy atom. The number of hydrogen-bond acceptors (Lipinski definition) is 6. The van der Waals surface area contributed by atoms with E-state index in [1.54, 1.807) is 31.2 Å². The summed E-state index contributed by atoms with van der Waals surface area (Å²) in [7, 11) is 0. The molecule has 9 heteroatoms. The molecular formula is C20H16FN3O5. The zero-order valence-corrected chi connectivity index (χ0v) is 15.4. The fourth-order valence-corrected chi connectivity index (χ4v) is 4.23. The van der Waals surface area contributed by atoms with Crippen LogP contribution >= 0.6 is 0 Å². The summed E-state index contributed by atoms with van der Waals surface area (Å²) in [5.74, 6) is 0. The predicted molar refractivity (Wildman–Crippen MR) is 101 cm³/mol. The van der Waals surface area contributed by atoms with Gasteiger partial charge in [-0.1, -0.05) is 13.0 Å². The Bertz CT molecular complexity index is 1270. The topological polar surface area (TPSA) is 107 Å². The number of nitro groups is 1. The van der Waals surface area contributed by atoms with Crippen LogP contribution in [0.3, 0.4) is 0 Å². The maximum absolute atomic E-state index is 14.4. The number of benzene rings is 1. The van der Waals surface area contributed by atoms with Crippen molar-refractivity contribution in [2.75, 3.05) is 0 Å². The molecule has 3 aromatic rings. The minimum atomic E-state index is -1.93. The number of aromatic nitrogens is 2. The van der Waals surface area contributed by atoms with Gasteiger partial charge in [-0.25, -0.2) is 9.37 Å². The van der Waals surface area contributed by atoms with E-state index in [1.165, 1.54) is 10.6 Å². The minimum Gasteiger partial charge on any atom is -0.379 e. The molecule has 29 heavy (non-hydrogen) atoms. The molecule has 2 aromatic heterocycles. The highest BCUT2D eigenvalue weighted by Gasteiger charge is 2.45. The van der Waals surface area contributed by atoms with Gasteiger partial charge in [0.05, 0.1) is 40.4 Å². The lowest BCUT2D eigenvalue weighted by Crippen LogP contribution is -2.45. The van der Waals surface area contributed by atoms with Crippen molar-refractivity contribution in [3.8, 4) is 11.4 Å². The minimum absolute atomic E-state index is 0.0360. The van der Waals surface area contributed by atoms with Crippen LogP contribution in [0, 0.1) is 10.1 Å². The van der Waals surface area contributed by atoms with Gasteiger partial charge in [-0.15, -0.1) is 0 Å². The van der Waals surface area contributed by atoms with Gasteiger partial charge in [-0.2, -0.15) is 0 Å².